The smallest absolute Gasteiger partial charge is 0.128 e. The van der Waals surface area contributed by atoms with Gasteiger partial charge in [0.15, 0.2) is 0 Å². The van der Waals surface area contributed by atoms with Gasteiger partial charge in [-0.3, -0.25) is 0 Å². The summed E-state index contributed by atoms with van der Waals surface area (Å²) in [6, 6.07) is 6.62. The Hall–Kier alpha value is -1.01. The van der Waals surface area contributed by atoms with Crippen molar-refractivity contribution in [3.63, 3.8) is 0 Å². The monoisotopic (exact) mass is 271 g/mol. The molecule has 0 aliphatic carbocycles. The molecule has 1 aromatic rings. The van der Waals surface area contributed by atoms with Crippen LogP contribution in [0.5, 0.6) is 0 Å². The number of benzene rings is 1. The average Bonchev–Trinajstić information content (AvgIpc) is 2.39. The maximum Gasteiger partial charge on any atom is 0.128 e. The average molecular weight is 271 g/mol. The minimum Gasteiger partial charge on any atom is -0.389 e. The molecule has 0 amide bonds. The highest BCUT2D eigenvalue weighted by molar-refractivity contribution is 5.16. The second-order valence-electron chi connectivity index (χ2n) is 4.52. The second kappa shape index (κ2) is 8.98. The van der Waals surface area contributed by atoms with Gasteiger partial charge in [0.1, 0.15) is 5.82 Å². The van der Waals surface area contributed by atoms with Crippen molar-refractivity contribution in [3.8, 4) is 0 Å². The first-order valence-corrected chi connectivity index (χ1v) is 6.35. The van der Waals surface area contributed by atoms with Gasteiger partial charge in [-0.25, -0.2) is 4.39 Å². The van der Waals surface area contributed by atoms with Crippen molar-refractivity contribution in [2.24, 2.45) is 0 Å². The Bertz CT molecular complexity index is 362. The van der Waals surface area contributed by atoms with E-state index in [1.165, 1.54) is 6.07 Å². The van der Waals surface area contributed by atoms with Crippen LogP contribution < -0.4 is 5.32 Å². The molecule has 5 heteroatoms. The zero-order valence-electron chi connectivity index (χ0n) is 11.4. The summed E-state index contributed by atoms with van der Waals surface area (Å²) in [4.78, 5) is 0. The number of ether oxygens (including phenoxy) is 2. The van der Waals surface area contributed by atoms with Gasteiger partial charge in [0.25, 0.3) is 0 Å². The van der Waals surface area contributed by atoms with Crippen LogP contribution in [0, 0.1) is 5.82 Å². The van der Waals surface area contributed by atoms with E-state index in [0.29, 0.717) is 18.7 Å². The van der Waals surface area contributed by atoms with Crippen LogP contribution in [0.3, 0.4) is 0 Å². The van der Waals surface area contributed by atoms with Gasteiger partial charge in [-0.15, -0.1) is 0 Å². The van der Waals surface area contributed by atoms with Crippen molar-refractivity contribution in [2.75, 3.05) is 26.9 Å². The van der Waals surface area contributed by atoms with Gasteiger partial charge in [-0.2, -0.15) is 0 Å². The van der Waals surface area contributed by atoms with Crippen LogP contribution in [0.25, 0.3) is 0 Å². The third kappa shape index (κ3) is 6.63. The molecule has 0 fully saturated rings. The molecule has 0 radical (unpaired) electrons. The molecule has 0 spiro atoms. The van der Waals surface area contributed by atoms with Crippen molar-refractivity contribution >= 4 is 0 Å². The Kier molecular flexibility index (Phi) is 7.59. The van der Waals surface area contributed by atoms with E-state index in [4.69, 9.17) is 9.47 Å². The summed E-state index contributed by atoms with van der Waals surface area (Å²) in [5, 5.41) is 12.8. The van der Waals surface area contributed by atoms with E-state index >= 15 is 0 Å². The molecule has 0 bridgehead atoms. The largest absolute Gasteiger partial charge is 0.389 e. The molecule has 0 saturated heterocycles. The maximum absolute atomic E-state index is 13.3. The van der Waals surface area contributed by atoms with Crippen LogP contribution in [0.2, 0.25) is 0 Å². The highest BCUT2D eigenvalue weighted by Crippen LogP contribution is 2.07. The Morgan fingerprint density at radius 1 is 1.32 bits per heavy atom. The molecule has 0 aliphatic heterocycles. The van der Waals surface area contributed by atoms with E-state index in [-0.39, 0.29) is 25.1 Å². The fraction of sp³-hybridized carbons (Fsp3) is 0.571. The summed E-state index contributed by atoms with van der Waals surface area (Å²) in [5.41, 5.74) is 0.496. The van der Waals surface area contributed by atoms with Gasteiger partial charge in [-0.05, 0) is 13.0 Å². The van der Waals surface area contributed by atoms with Crippen LogP contribution in [-0.2, 0) is 16.1 Å². The van der Waals surface area contributed by atoms with Crippen LogP contribution >= 0.6 is 0 Å². The number of hydrogen-bond donors (Lipinski definition) is 2. The molecule has 0 saturated carbocycles. The molecule has 0 heterocycles. The van der Waals surface area contributed by atoms with Crippen molar-refractivity contribution in [3.05, 3.63) is 35.6 Å². The van der Waals surface area contributed by atoms with E-state index in [2.05, 4.69) is 5.32 Å². The summed E-state index contributed by atoms with van der Waals surface area (Å²) < 4.78 is 23.5. The molecule has 1 rings (SSSR count). The fourth-order valence-electron chi connectivity index (χ4n) is 1.63. The number of halogens is 1. The number of hydrogen-bond acceptors (Lipinski definition) is 4. The first-order valence-electron chi connectivity index (χ1n) is 6.35. The number of rotatable bonds is 9. The second-order valence-corrected chi connectivity index (χ2v) is 4.52. The Morgan fingerprint density at radius 2 is 2.05 bits per heavy atom. The third-order valence-electron chi connectivity index (χ3n) is 2.64. The predicted octanol–water partition coefficient (Wildman–Crippen LogP) is 1.33. The highest BCUT2D eigenvalue weighted by atomic mass is 19.1. The van der Waals surface area contributed by atoms with Gasteiger partial charge in [0.2, 0.25) is 0 Å². The van der Waals surface area contributed by atoms with Crippen molar-refractivity contribution in [1.82, 2.24) is 5.32 Å². The number of nitrogens with one attached hydrogen (secondary N) is 1. The lowest BCUT2D eigenvalue weighted by Gasteiger charge is -2.16. The van der Waals surface area contributed by atoms with Crippen molar-refractivity contribution in [2.45, 2.75) is 25.7 Å². The minimum absolute atomic E-state index is 0.164. The molecule has 2 unspecified atom stereocenters. The quantitative estimate of drug-likeness (QED) is 0.711. The number of methoxy groups -OCH3 is 1. The summed E-state index contributed by atoms with van der Waals surface area (Å²) >= 11 is 0. The minimum atomic E-state index is -0.619. The summed E-state index contributed by atoms with van der Waals surface area (Å²) in [7, 11) is 1.63. The van der Waals surface area contributed by atoms with Crippen LogP contribution in [0.15, 0.2) is 24.3 Å². The lowest BCUT2D eigenvalue weighted by atomic mass is 10.2. The van der Waals surface area contributed by atoms with Crippen LogP contribution in [-0.4, -0.2) is 44.1 Å². The third-order valence-corrected chi connectivity index (χ3v) is 2.64. The molecule has 0 aromatic heterocycles. The van der Waals surface area contributed by atoms with Crippen molar-refractivity contribution < 1.29 is 19.0 Å². The maximum atomic E-state index is 13.3. The first kappa shape index (κ1) is 16.0. The summed E-state index contributed by atoms with van der Waals surface area (Å²) in [6.45, 7) is 3.30. The molecular weight excluding hydrogens is 249 g/mol. The topological polar surface area (TPSA) is 50.7 Å². The molecule has 19 heavy (non-hydrogen) atoms. The van der Waals surface area contributed by atoms with Crippen LogP contribution in [0.4, 0.5) is 4.39 Å². The predicted molar refractivity (Wildman–Crippen MR) is 71.4 cm³/mol. The van der Waals surface area contributed by atoms with Gasteiger partial charge in [0, 0.05) is 25.3 Å². The van der Waals surface area contributed by atoms with E-state index in [1.54, 1.807) is 25.3 Å². The molecule has 2 N–H and O–H groups in total. The van der Waals surface area contributed by atoms with Gasteiger partial charge in [0.05, 0.1) is 25.9 Å². The lowest BCUT2D eigenvalue weighted by molar-refractivity contribution is 0.0254. The molecule has 2 atom stereocenters. The van der Waals surface area contributed by atoms with Crippen molar-refractivity contribution in [1.29, 1.82) is 0 Å². The van der Waals surface area contributed by atoms with Gasteiger partial charge >= 0.3 is 0 Å². The molecular formula is C14H22FNO3. The Balaban J connectivity index is 2.17. The molecule has 108 valence electrons. The highest BCUT2D eigenvalue weighted by Gasteiger charge is 2.08. The lowest BCUT2D eigenvalue weighted by Crippen LogP contribution is -2.38. The van der Waals surface area contributed by atoms with Gasteiger partial charge < -0.3 is 19.9 Å². The molecule has 4 nitrogen and oxygen atoms in total. The zero-order chi connectivity index (χ0) is 14.1. The van der Waals surface area contributed by atoms with E-state index in [1.807, 2.05) is 6.92 Å². The number of aliphatic hydroxyl groups excluding tert-OH is 1. The first-order chi connectivity index (χ1) is 9.13. The SMILES string of the molecule is COCC(C)NCC(O)COCc1ccccc1F. The Morgan fingerprint density at radius 3 is 2.74 bits per heavy atom. The molecule has 0 aliphatic rings. The Labute approximate surface area is 113 Å². The zero-order valence-corrected chi connectivity index (χ0v) is 11.4. The van der Waals surface area contributed by atoms with E-state index < -0.39 is 6.10 Å². The summed E-state index contributed by atoms with van der Waals surface area (Å²) in [6.07, 6.45) is -0.619. The summed E-state index contributed by atoms with van der Waals surface area (Å²) in [5.74, 6) is -0.288. The van der Waals surface area contributed by atoms with E-state index in [0.717, 1.165) is 0 Å². The fourth-order valence-corrected chi connectivity index (χ4v) is 1.63. The standard InChI is InChI=1S/C14H22FNO3/c1-11(8-18-2)16-7-13(17)10-19-9-12-5-3-4-6-14(12)15/h3-6,11,13,16-17H,7-10H2,1-2H3. The van der Waals surface area contributed by atoms with E-state index in [9.17, 15) is 9.50 Å². The molecule has 1 aromatic carbocycles. The van der Waals surface area contributed by atoms with Gasteiger partial charge in [-0.1, -0.05) is 18.2 Å². The normalized spacial score (nSPS) is 14.3. The number of aliphatic hydroxyl groups is 1. The van der Waals surface area contributed by atoms with Crippen LogP contribution in [0.1, 0.15) is 12.5 Å².